The third kappa shape index (κ3) is 3.62. The zero-order valence-electron chi connectivity index (χ0n) is 11.5. The number of nitrogens with zero attached hydrogens (tertiary/aromatic N) is 1. The second-order valence-electron chi connectivity index (χ2n) is 5.64. The molecule has 1 aromatic rings. The Morgan fingerprint density at radius 3 is 2.60 bits per heavy atom. The molecule has 1 aliphatic rings. The van der Waals surface area contributed by atoms with E-state index in [1.165, 1.54) is 12.1 Å². The van der Waals surface area contributed by atoms with Crippen LogP contribution in [0.15, 0.2) is 23.1 Å². The van der Waals surface area contributed by atoms with E-state index < -0.39 is 15.6 Å². The zero-order chi connectivity index (χ0) is 15.0. The maximum absolute atomic E-state index is 11.5. The molecule has 1 heterocycles. The predicted octanol–water partition coefficient (Wildman–Crippen LogP) is 0.658. The van der Waals surface area contributed by atoms with Gasteiger partial charge in [0.1, 0.15) is 0 Å². The van der Waals surface area contributed by atoms with Crippen molar-refractivity contribution in [2.24, 2.45) is 5.14 Å². The number of nitrogen functional groups attached to an aromatic ring is 1. The maximum atomic E-state index is 11.5. The first kappa shape index (κ1) is 15.1. The van der Waals surface area contributed by atoms with E-state index in [1.54, 1.807) is 6.07 Å². The van der Waals surface area contributed by atoms with Crippen molar-refractivity contribution >= 4 is 21.4 Å². The van der Waals surface area contributed by atoms with Crippen LogP contribution in [0.1, 0.15) is 26.2 Å². The van der Waals surface area contributed by atoms with Crippen LogP contribution < -0.4 is 15.8 Å². The highest BCUT2D eigenvalue weighted by atomic mass is 32.2. The lowest BCUT2D eigenvalue weighted by atomic mass is 9.98. The van der Waals surface area contributed by atoms with Gasteiger partial charge >= 0.3 is 0 Å². The summed E-state index contributed by atoms with van der Waals surface area (Å²) in [5, 5.41) is 15.2. The smallest absolute Gasteiger partial charge is 0.238 e. The fourth-order valence-corrected chi connectivity index (χ4v) is 3.06. The van der Waals surface area contributed by atoms with Crippen LogP contribution in [-0.4, -0.2) is 32.2 Å². The second-order valence-corrected chi connectivity index (χ2v) is 7.20. The van der Waals surface area contributed by atoms with Gasteiger partial charge in [0.25, 0.3) is 0 Å². The van der Waals surface area contributed by atoms with Crippen molar-refractivity contribution in [1.29, 1.82) is 0 Å². The molecule has 2 rings (SSSR count). The first-order chi connectivity index (χ1) is 9.17. The molecule has 1 aliphatic heterocycles. The van der Waals surface area contributed by atoms with Crippen LogP contribution in [-0.2, 0) is 10.0 Å². The number of hydrogen-bond acceptors (Lipinski definition) is 5. The van der Waals surface area contributed by atoms with E-state index in [2.05, 4.69) is 0 Å². The van der Waals surface area contributed by atoms with Gasteiger partial charge in [-0.05, 0) is 44.4 Å². The standard InChI is InChI=1S/C13H21N3O3S/c1-13(17)3-2-5-16(6-4-13)11-7-10(14)8-12(9-11)20(15,18)19/h7-9,17H,2-6,14H2,1H3,(H2,15,18,19). The molecule has 0 amide bonds. The quantitative estimate of drug-likeness (QED) is 0.695. The molecule has 0 saturated carbocycles. The number of hydrogen-bond donors (Lipinski definition) is 3. The average molecular weight is 299 g/mol. The van der Waals surface area contributed by atoms with E-state index >= 15 is 0 Å². The molecule has 0 spiro atoms. The second kappa shape index (κ2) is 5.23. The molecule has 1 fully saturated rings. The number of primary sulfonamides is 1. The Morgan fingerprint density at radius 2 is 1.95 bits per heavy atom. The Bertz CT molecular complexity index is 599. The highest BCUT2D eigenvalue weighted by Crippen LogP contribution is 2.28. The van der Waals surface area contributed by atoms with Crippen LogP contribution in [0.2, 0.25) is 0 Å². The van der Waals surface area contributed by atoms with Gasteiger partial charge in [-0.3, -0.25) is 0 Å². The third-order valence-electron chi connectivity index (χ3n) is 3.67. The number of nitrogens with two attached hydrogens (primary N) is 2. The van der Waals surface area contributed by atoms with Gasteiger partial charge in [-0.15, -0.1) is 0 Å². The summed E-state index contributed by atoms with van der Waals surface area (Å²) in [5.74, 6) is 0. The minimum absolute atomic E-state index is 0.0171. The molecule has 5 N–H and O–H groups in total. The Kier molecular flexibility index (Phi) is 3.95. The van der Waals surface area contributed by atoms with Crippen LogP contribution in [0.4, 0.5) is 11.4 Å². The monoisotopic (exact) mass is 299 g/mol. The fraction of sp³-hybridized carbons (Fsp3) is 0.538. The average Bonchev–Trinajstić information content (AvgIpc) is 2.48. The first-order valence-electron chi connectivity index (χ1n) is 6.58. The number of aliphatic hydroxyl groups is 1. The van der Waals surface area contributed by atoms with Gasteiger partial charge in [-0.1, -0.05) is 0 Å². The lowest BCUT2D eigenvalue weighted by Crippen LogP contribution is -2.28. The summed E-state index contributed by atoms with van der Waals surface area (Å²) in [6.07, 6.45) is 2.20. The zero-order valence-corrected chi connectivity index (χ0v) is 12.4. The Morgan fingerprint density at radius 1 is 1.25 bits per heavy atom. The molecule has 20 heavy (non-hydrogen) atoms. The lowest BCUT2D eigenvalue weighted by molar-refractivity contribution is 0.0481. The van der Waals surface area contributed by atoms with Crippen molar-refractivity contribution in [1.82, 2.24) is 0 Å². The number of sulfonamides is 1. The van der Waals surface area contributed by atoms with Gasteiger partial charge in [0.05, 0.1) is 10.5 Å². The summed E-state index contributed by atoms with van der Waals surface area (Å²) >= 11 is 0. The van der Waals surface area contributed by atoms with E-state index in [4.69, 9.17) is 10.9 Å². The topological polar surface area (TPSA) is 110 Å². The van der Waals surface area contributed by atoms with Crippen molar-refractivity contribution in [2.45, 2.75) is 36.7 Å². The molecule has 1 saturated heterocycles. The van der Waals surface area contributed by atoms with E-state index in [9.17, 15) is 13.5 Å². The largest absolute Gasteiger partial charge is 0.399 e. The van der Waals surface area contributed by atoms with Crippen molar-refractivity contribution in [3.63, 3.8) is 0 Å². The van der Waals surface area contributed by atoms with Crippen LogP contribution in [0.3, 0.4) is 0 Å². The minimum Gasteiger partial charge on any atom is -0.399 e. The van der Waals surface area contributed by atoms with Crippen molar-refractivity contribution in [2.75, 3.05) is 23.7 Å². The van der Waals surface area contributed by atoms with Crippen LogP contribution in [0.5, 0.6) is 0 Å². The Balaban J connectivity index is 2.31. The molecule has 1 aromatic carbocycles. The van der Waals surface area contributed by atoms with E-state index in [0.29, 0.717) is 18.7 Å². The Hall–Kier alpha value is -1.31. The van der Waals surface area contributed by atoms with E-state index in [0.717, 1.165) is 25.1 Å². The highest BCUT2D eigenvalue weighted by molar-refractivity contribution is 7.89. The van der Waals surface area contributed by atoms with Crippen LogP contribution in [0.25, 0.3) is 0 Å². The summed E-state index contributed by atoms with van der Waals surface area (Å²) in [5.41, 5.74) is 6.18. The molecule has 1 atom stereocenters. The SMILES string of the molecule is CC1(O)CCCN(c2cc(N)cc(S(N)(=O)=O)c2)CC1. The molecule has 0 radical (unpaired) electrons. The van der Waals surface area contributed by atoms with Crippen molar-refractivity contribution in [3.05, 3.63) is 18.2 Å². The summed E-state index contributed by atoms with van der Waals surface area (Å²) in [7, 11) is -3.77. The van der Waals surface area contributed by atoms with E-state index in [1.807, 2.05) is 11.8 Å². The molecule has 1 unspecified atom stereocenters. The molecule has 6 nitrogen and oxygen atoms in total. The summed E-state index contributed by atoms with van der Waals surface area (Å²) in [4.78, 5) is 2.05. The molecule has 7 heteroatoms. The summed E-state index contributed by atoms with van der Waals surface area (Å²) in [6.45, 7) is 3.23. The van der Waals surface area contributed by atoms with Gasteiger partial charge in [-0.25, -0.2) is 13.6 Å². The highest BCUT2D eigenvalue weighted by Gasteiger charge is 2.25. The Labute approximate surface area is 119 Å². The normalized spacial score (nSPS) is 24.4. The number of rotatable bonds is 2. The fourth-order valence-electron chi connectivity index (χ4n) is 2.47. The molecular weight excluding hydrogens is 278 g/mol. The molecule has 0 aliphatic carbocycles. The minimum atomic E-state index is -3.77. The van der Waals surface area contributed by atoms with Crippen LogP contribution >= 0.6 is 0 Å². The van der Waals surface area contributed by atoms with Crippen LogP contribution in [0, 0.1) is 0 Å². The van der Waals surface area contributed by atoms with Crippen molar-refractivity contribution < 1.29 is 13.5 Å². The van der Waals surface area contributed by atoms with Gasteiger partial charge in [0.15, 0.2) is 0 Å². The first-order valence-corrected chi connectivity index (χ1v) is 8.13. The molecule has 112 valence electrons. The number of anilines is 2. The predicted molar refractivity (Wildman–Crippen MR) is 78.9 cm³/mol. The van der Waals surface area contributed by atoms with Gasteiger partial charge < -0.3 is 15.7 Å². The lowest BCUT2D eigenvalue weighted by Gasteiger charge is -2.25. The van der Waals surface area contributed by atoms with Gasteiger partial charge in [0, 0.05) is 24.5 Å². The van der Waals surface area contributed by atoms with E-state index in [-0.39, 0.29) is 4.90 Å². The summed E-state index contributed by atoms with van der Waals surface area (Å²) in [6, 6.07) is 4.62. The molecule has 0 aromatic heterocycles. The molecular formula is C13H21N3O3S. The summed E-state index contributed by atoms with van der Waals surface area (Å²) < 4.78 is 22.9. The van der Waals surface area contributed by atoms with Crippen molar-refractivity contribution in [3.8, 4) is 0 Å². The van der Waals surface area contributed by atoms with Gasteiger partial charge in [0.2, 0.25) is 10.0 Å². The number of benzene rings is 1. The van der Waals surface area contributed by atoms with Gasteiger partial charge in [-0.2, -0.15) is 0 Å². The molecule has 0 bridgehead atoms. The maximum Gasteiger partial charge on any atom is 0.238 e. The third-order valence-corrected chi connectivity index (χ3v) is 4.56.